The molecule has 8 heteroatoms. The van der Waals surface area contributed by atoms with E-state index in [4.69, 9.17) is 4.74 Å². The largest absolute Gasteiger partial charge is 0.550 e. The third-order valence-corrected chi connectivity index (χ3v) is 4.72. The zero-order chi connectivity index (χ0) is 16.4. The van der Waals surface area contributed by atoms with Gasteiger partial charge in [0.15, 0.2) is 0 Å². The van der Waals surface area contributed by atoms with Crippen molar-refractivity contribution in [3.63, 3.8) is 0 Å². The number of amides is 1. The van der Waals surface area contributed by atoms with Gasteiger partial charge >= 0.3 is 0 Å². The predicted octanol–water partition coefficient (Wildman–Crippen LogP) is -0.369. The molecule has 1 aromatic rings. The second kappa shape index (κ2) is 4.39. The van der Waals surface area contributed by atoms with E-state index in [1.165, 1.54) is 23.1 Å². The number of carbonyl (C=O) groups excluding carboxylic acids is 2. The molecule has 2 bridgehead atoms. The first-order valence-corrected chi connectivity index (χ1v) is 7.07. The molecule has 23 heavy (non-hydrogen) atoms. The van der Waals surface area contributed by atoms with Crippen molar-refractivity contribution in [1.29, 1.82) is 0 Å². The molecule has 1 amide bonds. The van der Waals surface area contributed by atoms with Crippen LogP contribution in [0.2, 0.25) is 0 Å². The molecule has 0 saturated carbocycles. The summed E-state index contributed by atoms with van der Waals surface area (Å²) in [6, 6.07) is 5.68. The molecular formula is C15H11N2O6-. The zero-order valence-corrected chi connectivity index (χ0v) is 11.7. The maximum absolute atomic E-state index is 12.7. The van der Waals surface area contributed by atoms with E-state index in [-0.39, 0.29) is 12.2 Å². The van der Waals surface area contributed by atoms with Gasteiger partial charge in [0, 0.05) is 24.0 Å². The van der Waals surface area contributed by atoms with Crippen LogP contribution in [0.5, 0.6) is 0 Å². The van der Waals surface area contributed by atoms with Crippen molar-refractivity contribution in [3.05, 3.63) is 46.5 Å². The van der Waals surface area contributed by atoms with Crippen LogP contribution in [0.1, 0.15) is 0 Å². The predicted molar refractivity (Wildman–Crippen MR) is 74.2 cm³/mol. The lowest BCUT2D eigenvalue weighted by Gasteiger charge is -2.24. The molecule has 0 aromatic heterocycles. The number of hydrogen-bond acceptors (Lipinski definition) is 6. The molecule has 4 atom stereocenters. The lowest BCUT2D eigenvalue weighted by molar-refractivity contribution is -0.384. The van der Waals surface area contributed by atoms with Crippen LogP contribution in [0.15, 0.2) is 36.4 Å². The molecule has 3 heterocycles. The summed E-state index contributed by atoms with van der Waals surface area (Å²) in [5.41, 5.74) is -0.774. The van der Waals surface area contributed by atoms with Crippen molar-refractivity contribution >= 4 is 23.3 Å². The maximum Gasteiger partial charge on any atom is 0.271 e. The molecule has 0 N–H and O–H groups in total. The van der Waals surface area contributed by atoms with Crippen LogP contribution >= 0.6 is 0 Å². The third kappa shape index (κ3) is 1.75. The van der Waals surface area contributed by atoms with Gasteiger partial charge in [0.25, 0.3) is 5.69 Å². The number of carbonyl (C=O) groups is 2. The second-order valence-corrected chi connectivity index (χ2v) is 5.92. The third-order valence-electron chi connectivity index (χ3n) is 4.72. The Morgan fingerprint density at radius 1 is 1.43 bits per heavy atom. The van der Waals surface area contributed by atoms with Crippen LogP contribution in [0.3, 0.4) is 0 Å². The van der Waals surface area contributed by atoms with E-state index in [0.717, 1.165) is 0 Å². The molecule has 3 aliphatic heterocycles. The number of aliphatic carboxylic acids is 1. The van der Waals surface area contributed by atoms with Crippen molar-refractivity contribution < 1.29 is 24.4 Å². The number of rotatable bonds is 3. The first-order chi connectivity index (χ1) is 10.9. The van der Waals surface area contributed by atoms with Gasteiger partial charge in [-0.25, -0.2) is 0 Å². The number of non-ortho nitro benzene ring substituents is 1. The summed E-state index contributed by atoms with van der Waals surface area (Å²) < 4.78 is 5.73. The highest BCUT2D eigenvalue weighted by atomic mass is 16.6. The number of fused-ring (bicyclic) bond motifs is 1. The molecule has 2 saturated heterocycles. The number of carboxylic acids is 1. The number of benzene rings is 1. The number of nitro groups is 1. The Kier molecular flexibility index (Phi) is 2.65. The minimum Gasteiger partial charge on any atom is -0.550 e. The molecule has 3 aliphatic rings. The average Bonchev–Trinajstić information content (AvgIpc) is 3.15. The fourth-order valence-electron chi connectivity index (χ4n) is 3.76. The molecule has 4 rings (SSSR count). The highest BCUT2D eigenvalue weighted by Crippen LogP contribution is 2.52. The minimum atomic E-state index is -1.32. The topological polar surface area (TPSA) is 113 Å². The number of anilines is 1. The van der Waals surface area contributed by atoms with E-state index in [1.54, 1.807) is 18.2 Å². The van der Waals surface area contributed by atoms with Gasteiger partial charge in [0.1, 0.15) is 5.60 Å². The van der Waals surface area contributed by atoms with Crippen molar-refractivity contribution in [2.24, 2.45) is 11.8 Å². The Balaban J connectivity index is 1.73. The molecule has 0 radical (unpaired) electrons. The summed E-state index contributed by atoms with van der Waals surface area (Å²) in [7, 11) is 0. The zero-order valence-electron chi connectivity index (χ0n) is 11.7. The van der Waals surface area contributed by atoms with Gasteiger partial charge in [-0.15, -0.1) is 0 Å². The summed E-state index contributed by atoms with van der Waals surface area (Å²) in [6.07, 6.45) is 2.71. The first kappa shape index (κ1) is 13.9. The lowest BCUT2D eigenvalue weighted by Crippen LogP contribution is -2.45. The van der Waals surface area contributed by atoms with E-state index in [2.05, 4.69) is 0 Å². The lowest BCUT2D eigenvalue weighted by atomic mass is 9.77. The van der Waals surface area contributed by atoms with Crippen LogP contribution in [0, 0.1) is 22.0 Å². The molecule has 1 aromatic carbocycles. The van der Waals surface area contributed by atoms with Gasteiger partial charge in [-0.2, -0.15) is 0 Å². The minimum absolute atomic E-state index is 0.133. The van der Waals surface area contributed by atoms with Crippen molar-refractivity contribution in [1.82, 2.24) is 0 Å². The van der Waals surface area contributed by atoms with Gasteiger partial charge in [0.2, 0.25) is 5.91 Å². The summed E-state index contributed by atoms with van der Waals surface area (Å²) in [6.45, 7) is 0.133. The molecule has 8 nitrogen and oxygen atoms in total. The van der Waals surface area contributed by atoms with Crippen LogP contribution < -0.4 is 10.0 Å². The van der Waals surface area contributed by atoms with E-state index in [0.29, 0.717) is 5.69 Å². The fraction of sp³-hybridized carbons (Fsp3) is 0.333. The standard InChI is InChI=1S/C15H12N2O6/c18-13-12-11(14(19)20)10-4-5-15(12,23-10)7-16(13)8-2-1-3-9(6-8)17(21)22/h1-6,10-12H,7H2,(H,19,20)/p-1/t10-,11+,12+,15-/m1/s1. The fourth-order valence-corrected chi connectivity index (χ4v) is 3.76. The summed E-state index contributed by atoms with van der Waals surface area (Å²) in [5, 5.41) is 22.3. The first-order valence-electron chi connectivity index (χ1n) is 7.07. The Labute approximate surface area is 130 Å². The van der Waals surface area contributed by atoms with E-state index in [1.807, 2.05) is 0 Å². The van der Waals surface area contributed by atoms with Gasteiger partial charge in [-0.05, 0) is 6.07 Å². The SMILES string of the molecule is O=C([O-])[C@@H]1[C@H]2C(=O)N(c3cccc([N+](=O)[O-])c3)C[C@]23C=C[C@H]1O3. The van der Waals surface area contributed by atoms with Gasteiger partial charge in [0.05, 0.1) is 29.2 Å². The van der Waals surface area contributed by atoms with Crippen molar-refractivity contribution in [3.8, 4) is 0 Å². The van der Waals surface area contributed by atoms with Gasteiger partial charge in [-0.1, -0.05) is 18.2 Å². The number of hydrogen-bond donors (Lipinski definition) is 0. The summed E-state index contributed by atoms with van der Waals surface area (Å²) in [4.78, 5) is 35.8. The number of ether oxygens (including phenoxy) is 1. The van der Waals surface area contributed by atoms with Crippen LogP contribution in [-0.2, 0) is 14.3 Å². The quantitative estimate of drug-likeness (QED) is 0.427. The average molecular weight is 315 g/mol. The van der Waals surface area contributed by atoms with Crippen LogP contribution in [-0.4, -0.2) is 35.0 Å². The summed E-state index contributed by atoms with van der Waals surface area (Å²) in [5.74, 6) is -3.62. The van der Waals surface area contributed by atoms with Crippen molar-refractivity contribution in [2.75, 3.05) is 11.4 Å². The summed E-state index contributed by atoms with van der Waals surface area (Å²) >= 11 is 0. The molecular weight excluding hydrogens is 304 g/mol. The number of nitro benzene ring substituents is 1. The smallest absolute Gasteiger partial charge is 0.271 e. The Hall–Kier alpha value is -2.74. The van der Waals surface area contributed by atoms with Crippen LogP contribution in [0.4, 0.5) is 11.4 Å². The molecule has 118 valence electrons. The molecule has 2 fully saturated rings. The monoisotopic (exact) mass is 315 g/mol. The van der Waals surface area contributed by atoms with Gasteiger partial charge < -0.3 is 19.5 Å². The highest BCUT2D eigenvalue weighted by Gasteiger charge is 2.65. The van der Waals surface area contributed by atoms with Gasteiger partial charge in [-0.3, -0.25) is 14.9 Å². The van der Waals surface area contributed by atoms with Crippen LogP contribution in [0.25, 0.3) is 0 Å². The maximum atomic E-state index is 12.7. The Bertz CT molecular complexity index is 775. The second-order valence-electron chi connectivity index (χ2n) is 5.92. The highest BCUT2D eigenvalue weighted by molar-refractivity contribution is 6.02. The molecule has 0 unspecified atom stereocenters. The Morgan fingerprint density at radius 3 is 2.91 bits per heavy atom. The normalized spacial score (nSPS) is 34.0. The number of carboxylic acid groups (broad SMARTS) is 1. The Morgan fingerprint density at radius 2 is 2.22 bits per heavy atom. The van der Waals surface area contributed by atoms with E-state index >= 15 is 0 Å². The van der Waals surface area contributed by atoms with E-state index in [9.17, 15) is 24.8 Å². The molecule has 1 spiro atoms. The van der Waals surface area contributed by atoms with E-state index < -0.39 is 40.3 Å². The number of nitrogens with zero attached hydrogens (tertiary/aromatic N) is 2. The molecule has 0 aliphatic carbocycles. The van der Waals surface area contributed by atoms with Crippen molar-refractivity contribution in [2.45, 2.75) is 11.7 Å².